The molecule has 18 heavy (non-hydrogen) atoms. The van der Waals surface area contributed by atoms with Crippen LogP contribution in [-0.4, -0.2) is 51.6 Å². The number of hydrogen-bond donors (Lipinski definition) is 1. The quantitative estimate of drug-likeness (QED) is 0.697. The first-order chi connectivity index (χ1) is 8.69. The normalized spacial score (nSPS) is 10.6. The molecule has 1 aromatic rings. The SMILES string of the molecule is COCCCN(CCOC)c1csc(C(=O)O)c1. The molecule has 0 saturated carbocycles. The van der Waals surface area contributed by atoms with Crippen molar-refractivity contribution >= 4 is 23.0 Å². The molecular formula is C12H19NO4S. The van der Waals surface area contributed by atoms with Crippen LogP contribution in [0, 0.1) is 0 Å². The van der Waals surface area contributed by atoms with Crippen LogP contribution in [0.1, 0.15) is 16.1 Å². The highest BCUT2D eigenvalue weighted by atomic mass is 32.1. The zero-order valence-electron chi connectivity index (χ0n) is 10.7. The lowest BCUT2D eigenvalue weighted by atomic mass is 10.3. The molecule has 5 nitrogen and oxygen atoms in total. The van der Waals surface area contributed by atoms with E-state index in [0.29, 0.717) is 18.1 Å². The van der Waals surface area contributed by atoms with E-state index in [2.05, 4.69) is 4.90 Å². The number of carboxylic acid groups (broad SMARTS) is 1. The van der Waals surface area contributed by atoms with Gasteiger partial charge in [0.15, 0.2) is 0 Å². The van der Waals surface area contributed by atoms with Crippen LogP contribution in [0.15, 0.2) is 11.4 Å². The van der Waals surface area contributed by atoms with Crippen LogP contribution in [0.2, 0.25) is 0 Å². The number of methoxy groups -OCH3 is 2. The van der Waals surface area contributed by atoms with Gasteiger partial charge in [-0.2, -0.15) is 0 Å². The van der Waals surface area contributed by atoms with E-state index in [1.165, 1.54) is 11.3 Å². The minimum atomic E-state index is -0.880. The molecule has 0 atom stereocenters. The van der Waals surface area contributed by atoms with E-state index in [4.69, 9.17) is 14.6 Å². The lowest BCUT2D eigenvalue weighted by molar-refractivity contribution is 0.0702. The van der Waals surface area contributed by atoms with Crippen molar-refractivity contribution in [3.05, 3.63) is 16.3 Å². The highest BCUT2D eigenvalue weighted by Gasteiger charge is 2.12. The average molecular weight is 273 g/mol. The number of ether oxygens (including phenoxy) is 2. The monoisotopic (exact) mass is 273 g/mol. The van der Waals surface area contributed by atoms with Gasteiger partial charge in [0.05, 0.1) is 6.61 Å². The summed E-state index contributed by atoms with van der Waals surface area (Å²) in [5, 5.41) is 10.8. The number of thiophene rings is 1. The first-order valence-corrected chi connectivity index (χ1v) is 6.61. The number of hydrogen-bond acceptors (Lipinski definition) is 5. The number of anilines is 1. The summed E-state index contributed by atoms with van der Waals surface area (Å²) >= 11 is 1.25. The smallest absolute Gasteiger partial charge is 0.345 e. The summed E-state index contributed by atoms with van der Waals surface area (Å²) in [6.45, 7) is 2.88. The molecule has 0 unspecified atom stereocenters. The fourth-order valence-electron chi connectivity index (χ4n) is 1.58. The lowest BCUT2D eigenvalue weighted by Gasteiger charge is -2.23. The van der Waals surface area contributed by atoms with Gasteiger partial charge in [-0.3, -0.25) is 0 Å². The Labute approximate surface area is 111 Å². The van der Waals surface area contributed by atoms with E-state index in [0.717, 1.165) is 25.2 Å². The maximum atomic E-state index is 10.9. The number of carbonyl (C=O) groups is 1. The third-order valence-corrected chi connectivity index (χ3v) is 3.41. The number of nitrogens with zero attached hydrogens (tertiary/aromatic N) is 1. The number of carboxylic acids is 1. The Hall–Kier alpha value is -1.11. The molecule has 1 aromatic heterocycles. The molecule has 0 spiro atoms. The maximum Gasteiger partial charge on any atom is 0.345 e. The predicted octanol–water partition coefficient (Wildman–Crippen LogP) is 1.94. The van der Waals surface area contributed by atoms with Gasteiger partial charge >= 0.3 is 5.97 Å². The molecule has 0 fully saturated rings. The van der Waals surface area contributed by atoms with Gasteiger partial charge < -0.3 is 19.5 Å². The molecule has 1 heterocycles. The Bertz CT molecular complexity index is 367. The Kier molecular flexibility index (Phi) is 6.70. The van der Waals surface area contributed by atoms with Crippen LogP contribution < -0.4 is 4.90 Å². The summed E-state index contributed by atoms with van der Waals surface area (Å²) in [7, 11) is 3.33. The van der Waals surface area contributed by atoms with Crippen LogP contribution in [-0.2, 0) is 9.47 Å². The van der Waals surface area contributed by atoms with Crippen molar-refractivity contribution in [3.8, 4) is 0 Å². The molecule has 1 rings (SSSR count). The second-order valence-corrected chi connectivity index (χ2v) is 4.71. The molecule has 0 amide bonds. The molecule has 1 N–H and O–H groups in total. The van der Waals surface area contributed by atoms with Crippen LogP contribution in [0.25, 0.3) is 0 Å². The first-order valence-electron chi connectivity index (χ1n) is 5.73. The zero-order valence-corrected chi connectivity index (χ0v) is 11.5. The molecule has 6 heteroatoms. The molecule has 0 saturated heterocycles. The van der Waals surface area contributed by atoms with Crippen molar-refractivity contribution in [2.24, 2.45) is 0 Å². The van der Waals surface area contributed by atoms with Crippen LogP contribution in [0.4, 0.5) is 5.69 Å². The predicted molar refractivity (Wildman–Crippen MR) is 71.9 cm³/mol. The van der Waals surface area contributed by atoms with Crippen molar-refractivity contribution in [2.75, 3.05) is 45.4 Å². The standard InChI is InChI=1S/C12H19NO4S/c1-16-6-3-4-13(5-7-17-2)10-8-11(12(14)15)18-9-10/h8-9H,3-7H2,1-2H3,(H,14,15). The van der Waals surface area contributed by atoms with Gasteiger partial charge in [0, 0.05) is 45.0 Å². The van der Waals surface area contributed by atoms with Crippen LogP contribution in [0.3, 0.4) is 0 Å². The Morgan fingerprint density at radius 2 is 2.06 bits per heavy atom. The molecule has 0 aliphatic carbocycles. The van der Waals surface area contributed by atoms with Gasteiger partial charge in [0.1, 0.15) is 4.88 Å². The maximum absolute atomic E-state index is 10.9. The van der Waals surface area contributed by atoms with Crippen molar-refractivity contribution in [1.82, 2.24) is 0 Å². The van der Waals surface area contributed by atoms with Crippen molar-refractivity contribution in [2.45, 2.75) is 6.42 Å². The van der Waals surface area contributed by atoms with Crippen LogP contribution in [0.5, 0.6) is 0 Å². The molecule has 0 bridgehead atoms. The van der Waals surface area contributed by atoms with Gasteiger partial charge in [-0.15, -0.1) is 11.3 Å². The fraction of sp³-hybridized carbons (Fsp3) is 0.583. The minimum Gasteiger partial charge on any atom is -0.477 e. The topological polar surface area (TPSA) is 59.0 Å². The summed E-state index contributed by atoms with van der Waals surface area (Å²) in [6.07, 6.45) is 0.901. The van der Waals surface area contributed by atoms with Gasteiger partial charge in [0.25, 0.3) is 0 Å². The van der Waals surface area contributed by atoms with E-state index in [1.54, 1.807) is 20.3 Å². The molecule has 0 radical (unpaired) electrons. The second kappa shape index (κ2) is 8.07. The highest BCUT2D eigenvalue weighted by molar-refractivity contribution is 7.12. The molecule has 0 aliphatic rings. The molecular weight excluding hydrogens is 254 g/mol. The Morgan fingerprint density at radius 3 is 2.61 bits per heavy atom. The average Bonchev–Trinajstić information content (AvgIpc) is 2.83. The fourth-order valence-corrected chi connectivity index (χ4v) is 2.33. The zero-order chi connectivity index (χ0) is 13.4. The summed E-state index contributed by atoms with van der Waals surface area (Å²) in [5.74, 6) is -0.880. The van der Waals surface area contributed by atoms with Crippen LogP contribution >= 0.6 is 11.3 Å². The third-order valence-electron chi connectivity index (χ3n) is 2.50. The molecule has 102 valence electrons. The lowest BCUT2D eigenvalue weighted by Crippen LogP contribution is -2.28. The Balaban J connectivity index is 2.63. The van der Waals surface area contributed by atoms with E-state index >= 15 is 0 Å². The second-order valence-electron chi connectivity index (χ2n) is 3.80. The summed E-state index contributed by atoms with van der Waals surface area (Å²) in [6, 6.07) is 1.70. The van der Waals surface area contributed by atoms with Gasteiger partial charge in [-0.1, -0.05) is 0 Å². The van der Waals surface area contributed by atoms with E-state index < -0.39 is 5.97 Å². The van der Waals surface area contributed by atoms with E-state index in [1.807, 2.05) is 5.38 Å². The highest BCUT2D eigenvalue weighted by Crippen LogP contribution is 2.23. The van der Waals surface area contributed by atoms with Gasteiger partial charge in [0.2, 0.25) is 0 Å². The number of rotatable bonds is 9. The van der Waals surface area contributed by atoms with E-state index in [9.17, 15) is 4.79 Å². The first kappa shape index (κ1) is 14.9. The van der Waals surface area contributed by atoms with Crippen molar-refractivity contribution in [3.63, 3.8) is 0 Å². The van der Waals surface area contributed by atoms with Gasteiger partial charge in [-0.05, 0) is 12.5 Å². The summed E-state index contributed by atoms with van der Waals surface area (Å²) in [4.78, 5) is 13.3. The van der Waals surface area contributed by atoms with Crippen molar-refractivity contribution in [1.29, 1.82) is 0 Å². The summed E-state index contributed by atoms with van der Waals surface area (Å²) < 4.78 is 10.1. The minimum absolute atomic E-state index is 0.360. The number of aromatic carboxylic acids is 1. The largest absolute Gasteiger partial charge is 0.477 e. The van der Waals surface area contributed by atoms with E-state index in [-0.39, 0.29) is 0 Å². The van der Waals surface area contributed by atoms with Gasteiger partial charge in [-0.25, -0.2) is 4.79 Å². The third kappa shape index (κ3) is 4.64. The van der Waals surface area contributed by atoms with Crippen molar-refractivity contribution < 1.29 is 19.4 Å². The molecule has 0 aromatic carbocycles. The Morgan fingerprint density at radius 1 is 1.33 bits per heavy atom. The molecule has 0 aliphatic heterocycles. The summed E-state index contributed by atoms with van der Waals surface area (Å²) in [5.41, 5.74) is 0.936.